The summed E-state index contributed by atoms with van der Waals surface area (Å²) in [6, 6.07) is 18.8. The summed E-state index contributed by atoms with van der Waals surface area (Å²) < 4.78 is 10.1. The summed E-state index contributed by atoms with van der Waals surface area (Å²) >= 11 is 0. The van der Waals surface area contributed by atoms with E-state index in [1.165, 1.54) is 12.8 Å². The molecule has 8 rings (SSSR count). The van der Waals surface area contributed by atoms with E-state index in [2.05, 4.69) is 22.0 Å². The molecule has 2 bridgehead atoms. The molecular formula is C36H37N7O3. The Balaban J connectivity index is 1.18. The predicted molar refractivity (Wildman–Crippen MR) is 176 cm³/mol. The van der Waals surface area contributed by atoms with Gasteiger partial charge < -0.3 is 24.9 Å². The molecule has 10 nitrogen and oxygen atoms in total. The second-order valence-corrected chi connectivity index (χ2v) is 13.0. The number of nitrogens with zero attached hydrogens (tertiary/aromatic N) is 5. The lowest BCUT2D eigenvalue weighted by Gasteiger charge is -2.22. The highest BCUT2D eigenvalue weighted by Crippen LogP contribution is 2.39. The van der Waals surface area contributed by atoms with Crippen LogP contribution in [0.15, 0.2) is 60.7 Å². The van der Waals surface area contributed by atoms with Crippen molar-refractivity contribution >= 4 is 34.2 Å². The van der Waals surface area contributed by atoms with Gasteiger partial charge in [-0.25, -0.2) is 9.97 Å². The molecule has 1 aliphatic carbocycles. The van der Waals surface area contributed by atoms with Gasteiger partial charge in [-0.3, -0.25) is 14.0 Å². The van der Waals surface area contributed by atoms with Gasteiger partial charge in [-0.15, -0.1) is 0 Å². The number of methoxy groups -OCH3 is 1. The van der Waals surface area contributed by atoms with Crippen LogP contribution in [0.5, 0.6) is 5.88 Å². The van der Waals surface area contributed by atoms with Gasteiger partial charge in [0.05, 0.1) is 36.3 Å². The molecule has 0 radical (unpaired) electrons. The molecule has 4 aromatic heterocycles. The van der Waals surface area contributed by atoms with E-state index in [0.29, 0.717) is 40.7 Å². The standard InChI is InChI=1S/C36H37N7O3/c1-20(38-35(44)23-7-5-4-6-8-23)28-13-11-24-15-30(41(34(24)39-28)19-22-9-10-22)33-21(2)42-31(40-33)16-25(17-32(42)46-3)36(45)43-26-12-14-29(43)27(37)18-26/h4-8,11,13,15-17,20,22,26,29,37H,9-10,12,14,18-19H2,1-3H3,(H,38,44)/t20-,26+,29-/m1/s1. The van der Waals surface area contributed by atoms with E-state index in [1.807, 2.05) is 53.5 Å². The topological polar surface area (TPSA) is 118 Å². The quantitative estimate of drug-likeness (QED) is 0.223. The number of fused-ring (bicyclic) bond motifs is 4. The summed E-state index contributed by atoms with van der Waals surface area (Å²) in [6.45, 7) is 4.82. The molecule has 2 N–H and O–H groups in total. The van der Waals surface area contributed by atoms with Crippen molar-refractivity contribution in [2.45, 2.75) is 70.6 Å². The number of nitrogens with one attached hydrogen (secondary N) is 2. The second kappa shape index (κ2) is 10.8. The molecule has 3 atom stereocenters. The fourth-order valence-electron chi connectivity index (χ4n) is 7.33. The monoisotopic (exact) mass is 615 g/mol. The minimum atomic E-state index is -0.281. The lowest BCUT2D eigenvalue weighted by molar-refractivity contribution is 0.0738. The van der Waals surface area contributed by atoms with E-state index in [4.69, 9.17) is 20.1 Å². The van der Waals surface area contributed by atoms with Gasteiger partial charge in [0.15, 0.2) is 5.88 Å². The molecule has 46 heavy (non-hydrogen) atoms. The van der Waals surface area contributed by atoms with Crippen molar-refractivity contribution < 1.29 is 14.3 Å². The van der Waals surface area contributed by atoms with Crippen LogP contribution >= 0.6 is 0 Å². The van der Waals surface area contributed by atoms with Crippen LogP contribution in [0.1, 0.15) is 77.2 Å². The van der Waals surface area contributed by atoms with Gasteiger partial charge in [0, 0.05) is 47.3 Å². The van der Waals surface area contributed by atoms with E-state index in [9.17, 15) is 9.59 Å². The van der Waals surface area contributed by atoms with Crippen molar-refractivity contribution in [2.75, 3.05) is 7.11 Å². The average Bonchev–Trinajstić information content (AvgIpc) is 3.38. The number of hydrogen-bond donors (Lipinski definition) is 2. The number of pyridine rings is 2. The Morgan fingerprint density at radius 2 is 1.83 bits per heavy atom. The van der Waals surface area contributed by atoms with Crippen molar-refractivity contribution in [3.63, 3.8) is 0 Å². The molecule has 2 saturated heterocycles. The first-order valence-electron chi connectivity index (χ1n) is 16.1. The van der Waals surface area contributed by atoms with Crippen molar-refractivity contribution in [3.05, 3.63) is 83.2 Å². The third-order valence-electron chi connectivity index (χ3n) is 9.94. The summed E-state index contributed by atoms with van der Waals surface area (Å²) in [5.74, 6) is 0.935. The van der Waals surface area contributed by atoms with Gasteiger partial charge in [-0.2, -0.15) is 0 Å². The summed E-state index contributed by atoms with van der Waals surface area (Å²) in [5, 5.41) is 12.4. The number of hydrogen-bond acceptors (Lipinski definition) is 6. The molecule has 2 amide bonds. The number of rotatable bonds is 8. The van der Waals surface area contributed by atoms with Gasteiger partial charge in [0.1, 0.15) is 17.0 Å². The minimum Gasteiger partial charge on any atom is -0.482 e. The summed E-state index contributed by atoms with van der Waals surface area (Å²) in [7, 11) is 1.62. The Bertz CT molecular complexity index is 2040. The van der Waals surface area contributed by atoms with Gasteiger partial charge >= 0.3 is 0 Å². The Morgan fingerprint density at radius 3 is 2.52 bits per heavy atom. The summed E-state index contributed by atoms with van der Waals surface area (Å²) in [5.41, 5.74) is 6.80. The normalized spacial score (nSPS) is 19.7. The smallest absolute Gasteiger partial charge is 0.255 e. The van der Waals surface area contributed by atoms with Crippen LogP contribution in [0.4, 0.5) is 0 Å². The van der Waals surface area contributed by atoms with Crippen molar-refractivity contribution in [1.29, 1.82) is 5.41 Å². The third-order valence-corrected chi connectivity index (χ3v) is 9.94. The van der Waals surface area contributed by atoms with Crippen LogP contribution in [0, 0.1) is 18.3 Å². The van der Waals surface area contributed by atoms with E-state index in [0.717, 1.165) is 53.2 Å². The van der Waals surface area contributed by atoms with E-state index < -0.39 is 0 Å². The Hall–Kier alpha value is -4.99. The first kappa shape index (κ1) is 28.5. The molecular weight excluding hydrogens is 578 g/mol. The Labute approximate surface area is 266 Å². The minimum absolute atomic E-state index is 0.0641. The zero-order chi connectivity index (χ0) is 31.7. The number of aryl methyl sites for hydroxylation is 1. The number of benzene rings is 1. The van der Waals surface area contributed by atoms with Crippen LogP contribution in [-0.2, 0) is 6.54 Å². The van der Waals surface area contributed by atoms with E-state index in [1.54, 1.807) is 25.3 Å². The number of carbonyl (C=O) groups excluding carboxylic acids is 2. The van der Waals surface area contributed by atoms with Gasteiger partial charge in [-0.05, 0) is 81.8 Å². The van der Waals surface area contributed by atoms with Gasteiger partial charge in [0.2, 0.25) is 0 Å². The summed E-state index contributed by atoms with van der Waals surface area (Å²) in [6.07, 6.45) is 4.84. The average molecular weight is 616 g/mol. The lowest BCUT2D eigenvalue weighted by atomic mass is 9.99. The molecule has 10 heteroatoms. The molecule has 1 aromatic carbocycles. The number of aromatic nitrogens is 4. The molecule has 0 spiro atoms. The van der Waals surface area contributed by atoms with Crippen LogP contribution in [-0.4, -0.2) is 60.6 Å². The highest BCUT2D eigenvalue weighted by Gasteiger charge is 2.46. The highest BCUT2D eigenvalue weighted by atomic mass is 16.5. The maximum atomic E-state index is 13.8. The molecule has 5 aromatic rings. The zero-order valence-corrected chi connectivity index (χ0v) is 26.3. The fraction of sp³-hybridized carbons (Fsp3) is 0.361. The third kappa shape index (κ3) is 4.66. The van der Waals surface area contributed by atoms with Crippen LogP contribution in [0.3, 0.4) is 0 Å². The van der Waals surface area contributed by atoms with Gasteiger partial charge in [0.25, 0.3) is 11.8 Å². The fourth-order valence-corrected chi connectivity index (χ4v) is 7.33. The molecule has 0 unspecified atom stereocenters. The highest BCUT2D eigenvalue weighted by molar-refractivity contribution is 6.03. The molecule has 3 aliphatic rings. The maximum absolute atomic E-state index is 13.8. The molecule has 2 aliphatic heterocycles. The number of ether oxygens (including phenoxy) is 1. The molecule has 234 valence electrons. The van der Waals surface area contributed by atoms with Crippen molar-refractivity contribution in [2.24, 2.45) is 5.92 Å². The van der Waals surface area contributed by atoms with Crippen molar-refractivity contribution in [1.82, 2.24) is 29.2 Å². The van der Waals surface area contributed by atoms with E-state index >= 15 is 0 Å². The first-order valence-corrected chi connectivity index (χ1v) is 16.1. The van der Waals surface area contributed by atoms with Crippen LogP contribution in [0.25, 0.3) is 28.1 Å². The predicted octanol–water partition coefficient (Wildman–Crippen LogP) is 5.97. The summed E-state index contributed by atoms with van der Waals surface area (Å²) in [4.78, 5) is 38.7. The van der Waals surface area contributed by atoms with Crippen molar-refractivity contribution in [3.8, 4) is 17.3 Å². The largest absolute Gasteiger partial charge is 0.482 e. The Kier molecular flexibility index (Phi) is 6.70. The maximum Gasteiger partial charge on any atom is 0.255 e. The van der Waals surface area contributed by atoms with E-state index in [-0.39, 0.29) is 29.9 Å². The molecule has 1 saturated carbocycles. The first-order chi connectivity index (χ1) is 22.3. The number of carbonyl (C=O) groups is 2. The number of amides is 2. The molecule has 6 heterocycles. The van der Waals surface area contributed by atoms with Crippen LogP contribution in [0.2, 0.25) is 0 Å². The second-order valence-electron chi connectivity index (χ2n) is 13.0. The SMILES string of the molecule is COc1cc(C(=O)N2[C@H]3CC[C@@H]2C(=N)C3)cc2nc(-c3cc4ccc([C@@H](C)NC(=O)c5ccccc5)nc4n3CC3CC3)c(C)n12. The lowest BCUT2D eigenvalue weighted by Crippen LogP contribution is -2.36. The molecule has 3 fully saturated rings. The zero-order valence-electron chi connectivity index (χ0n) is 26.3. The van der Waals surface area contributed by atoms with Crippen LogP contribution < -0.4 is 10.1 Å². The Morgan fingerprint density at radius 1 is 1.02 bits per heavy atom. The van der Waals surface area contributed by atoms with Gasteiger partial charge in [-0.1, -0.05) is 18.2 Å². The number of imidazole rings is 1.